The molecule has 0 atom stereocenters. The van der Waals surface area contributed by atoms with Crippen LogP contribution in [0.3, 0.4) is 0 Å². The van der Waals surface area contributed by atoms with Crippen LogP contribution >= 0.6 is 23.4 Å². The third-order valence-electron chi connectivity index (χ3n) is 2.72. The Morgan fingerprint density at radius 2 is 2.24 bits per heavy atom. The average molecular weight is 321 g/mol. The number of aromatic nitrogens is 5. The van der Waals surface area contributed by atoms with Crippen molar-refractivity contribution < 1.29 is 0 Å². The van der Waals surface area contributed by atoms with Crippen LogP contribution in [-0.2, 0) is 0 Å². The largest absolute Gasteiger partial charge is 0.354 e. The highest BCUT2D eigenvalue weighted by Gasteiger charge is 2.12. The molecule has 3 heterocycles. The molecule has 0 aliphatic carbocycles. The third kappa shape index (κ3) is 3.08. The van der Waals surface area contributed by atoms with Crippen LogP contribution in [0.15, 0.2) is 40.8 Å². The minimum Gasteiger partial charge on any atom is -0.354 e. The molecule has 3 rings (SSSR count). The number of pyridine rings is 1. The van der Waals surface area contributed by atoms with Gasteiger partial charge in [-0.1, -0.05) is 24.6 Å². The van der Waals surface area contributed by atoms with Crippen molar-refractivity contribution in [2.45, 2.75) is 23.5 Å². The summed E-state index contributed by atoms with van der Waals surface area (Å²) in [6.45, 7) is 2.90. The van der Waals surface area contributed by atoms with E-state index in [0.29, 0.717) is 21.2 Å². The number of rotatable bonds is 5. The Labute approximate surface area is 131 Å². The Morgan fingerprint density at radius 3 is 3.10 bits per heavy atom. The van der Waals surface area contributed by atoms with Gasteiger partial charge >= 0.3 is 0 Å². The molecule has 0 unspecified atom stereocenters. The number of anilines is 1. The first-order valence-electron chi connectivity index (χ1n) is 6.52. The van der Waals surface area contributed by atoms with Crippen LogP contribution in [0, 0.1) is 0 Å². The van der Waals surface area contributed by atoms with Crippen molar-refractivity contribution >= 4 is 35.0 Å². The molecule has 3 aromatic rings. The van der Waals surface area contributed by atoms with Crippen molar-refractivity contribution in [2.24, 2.45) is 0 Å². The van der Waals surface area contributed by atoms with Gasteiger partial charge in [0.25, 0.3) is 0 Å². The summed E-state index contributed by atoms with van der Waals surface area (Å²) in [5.74, 6) is 0.567. The first-order chi connectivity index (χ1) is 10.3. The normalized spacial score (nSPS) is 11.0. The molecule has 0 spiro atoms. The molecule has 108 valence electrons. The summed E-state index contributed by atoms with van der Waals surface area (Å²) in [7, 11) is 0. The maximum absolute atomic E-state index is 6.17. The van der Waals surface area contributed by atoms with E-state index in [0.717, 1.165) is 18.6 Å². The molecule has 0 fully saturated rings. The molecule has 0 aromatic carbocycles. The minimum atomic E-state index is 0.495. The second-order valence-corrected chi connectivity index (χ2v) is 5.65. The molecule has 21 heavy (non-hydrogen) atoms. The molecule has 6 nitrogen and oxygen atoms in total. The second kappa shape index (κ2) is 6.28. The van der Waals surface area contributed by atoms with Gasteiger partial charge < -0.3 is 5.32 Å². The summed E-state index contributed by atoms with van der Waals surface area (Å²) in [6, 6.07) is 5.74. The maximum Gasteiger partial charge on any atom is 0.223 e. The Morgan fingerprint density at radius 1 is 1.33 bits per heavy atom. The van der Waals surface area contributed by atoms with E-state index in [1.165, 1.54) is 11.8 Å². The van der Waals surface area contributed by atoms with Gasteiger partial charge in [-0.25, -0.2) is 9.97 Å². The van der Waals surface area contributed by atoms with Gasteiger partial charge in [0.15, 0.2) is 5.65 Å². The first-order valence-corrected chi connectivity index (χ1v) is 7.71. The predicted molar refractivity (Wildman–Crippen MR) is 82.9 cm³/mol. The summed E-state index contributed by atoms with van der Waals surface area (Å²) < 4.78 is 1.89. The minimum absolute atomic E-state index is 0.495. The first kappa shape index (κ1) is 14.1. The fourth-order valence-corrected chi connectivity index (χ4v) is 2.72. The summed E-state index contributed by atoms with van der Waals surface area (Å²) >= 11 is 7.53. The van der Waals surface area contributed by atoms with E-state index in [1.807, 2.05) is 28.8 Å². The van der Waals surface area contributed by atoms with Gasteiger partial charge in [0, 0.05) is 12.7 Å². The Hall–Kier alpha value is -1.86. The molecule has 0 saturated carbocycles. The predicted octanol–water partition coefficient (Wildman–Crippen LogP) is 3.15. The van der Waals surface area contributed by atoms with Gasteiger partial charge in [0.05, 0.1) is 11.2 Å². The molecule has 0 amide bonds. The molecular weight excluding hydrogens is 308 g/mol. The average Bonchev–Trinajstić information content (AvgIpc) is 2.91. The lowest BCUT2D eigenvalue weighted by Crippen LogP contribution is -2.04. The lowest BCUT2D eigenvalue weighted by atomic mass is 10.5. The highest BCUT2D eigenvalue weighted by molar-refractivity contribution is 7.99. The number of nitrogens with one attached hydrogen (secondary N) is 1. The second-order valence-electron chi connectivity index (χ2n) is 4.29. The zero-order valence-corrected chi connectivity index (χ0v) is 12.9. The van der Waals surface area contributed by atoms with Crippen LogP contribution in [0.4, 0.5) is 5.95 Å². The lowest BCUT2D eigenvalue weighted by Gasteiger charge is -2.06. The Bertz CT molecular complexity index is 759. The number of hydrogen-bond donors (Lipinski definition) is 1. The van der Waals surface area contributed by atoms with Gasteiger partial charge in [-0.15, -0.1) is 10.2 Å². The van der Waals surface area contributed by atoms with E-state index in [4.69, 9.17) is 11.6 Å². The van der Waals surface area contributed by atoms with Crippen LogP contribution in [0.2, 0.25) is 5.02 Å². The highest BCUT2D eigenvalue weighted by Crippen LogP contribution is 2.30. The molecule has 1 N–H and O–H groups in total. The SMILES string of the molecule is CCCNc1ncc(Cl)c(Sc2nnc3ccccn23)n1. The fraction of sp³-hybridized carbons (Fsp3) is 0.231. The van der Waals surface area contributed by atoms with Crippen molar-refractivity contribution in [3.63, 3.8) is 0 Å². The van der Waals surface area contributed by atoms with Crippen molar-refractivity contribution in [1.29, 1.82) is 0 Å². The number of nitrogens with zero attached hydrogens (tertiary/aromatic N) is 5. The molecule has 0 saturated heterocycles. The zero-order valence-electron chi connectivity index (χ0n) is 11.3. The Balaban J connectivity index is 1.90. The van der Waals surface area contributed by atoms with Gasteiger partial charge in [-0.3, -0.25) is 4.40 Å². The van der Waals surface area contributed by atoms with Gasteiger partial charge in [0.2, 0.25) is 11.1 Å². The smallest absolute Gasteiger partial charge is 0.223 e. The standard InChI is InChI=1S/C13H13ClN6S/c1-2-6-15-12-16-8-9(14)11(17-12)21-13-19-18-10-5-3-4-7-20(10)13/h3-5,7-8H,2,6H2,1H3,(H,15,16,17). The molecule has 0 bridgehead atoms. The monoisotopic (exact) mass is 320 g/mol. The van der Waals surface area contributed by atoms with Crippen LogP contribution in [0.5, 0.6) is 0 Å². The van der Waals surface area contributed by atoms with Crippen LogP contribution in [0.1, 0.15) is 13.3 Å². The van der Waals surface area contributed by atoms with E-state index in [1.54, 1.807) is 6.20 Å². The quantitative estimate of drug-likeness (QED) is 0.728. The zero-order chi connectivity index (χ0) is 14.7. The summed E-state index contributed by atoms with van der Waals surface area (Å²) in [5.41, 5.74) is 0.787. The molecule has 0 aliphatic heterocycles. The van der Waals surface area contributed by atoms with E-state index in [9.17, 15) is 0 Å². The van der Waals surface area contributed by atoms with E-state index >= 15 is 0 Å². The molecule has 0 aliphatic rings. The Kier molecular flexibility index (Phi) is 4.21. The summed E-state index contributed by atoms with van der Waals surface area (Å²) in [6.07, 6.45) is 4.50. The lowest BCUT2D eigenvalue weighted by molar-refractivity contribution is 0.909. The van der Waals surface area contributed by atoms with E-state index < -0.39 is 0 Å². The van der Waals surface area contributed by atoms with Crippen LogP contribution in [0.25, 0.3) is 5.65 Å². The summed E-state index contributed by atoms with van der Waals surface area (Å²) in [5, 5.41) is 13.3. The van der Waals surface area contributed by atoms with Gasteiger partial charge in [0.1, 0.15) is 5.03 Å². The van der Waals surface area contributed by atoms with Gasteiger partial charge in [-0.2, -0.15) is 0 Å². The van der Waals surface area contributed by atoms with E-state index in [2.05, 4.69) is 32.4 Å². The third-order valence-corrected chi connectivity index (χ3v) is 4.07. The van der Waals surface area contributed by atoms with Crippen molar-refractivity contribution in [3.8, 4) is 0 Å². The molecule has 3 aromatic heterocycles. The fourth-order valence-electron chi connectivity index (χ4n) is 1.72. The van der Waals surface area contributed by atoms with E-state index in [-0.39, 0.29) is 0 Å². The maximum atomic E-state index is 6.17. The number of halogens is 1. The molecular formula is C13H13ClN6S. The van der Waals surface area contributed by atoms with Crippen molar-refractivity contribution in [2.75, 3.05) is 11.9 Å². The topological polar surface area (TPSA) is 68.0 Å². The number of fused-ring (bicyclic) bond motifs is 1. The molecule has 8 heteroatoms. The summed E-state index contributed by atoms with van der Waals surface area (Å²) in [4.78, 5) is 8.58. The van der Waals surface area contributed by atoms with Crippen molar-refractivity contribution in [1.82, 2.24) is 24.6 Å². The number of hydrogen-bond acceptors (Lipinski definition) is 6. The van der Waals surface area contributed by atoms with Crippen LogP contribution in [-0.4, -0.2) is 31.1 Å². The van der Waals surface area contributed by atoms with Crippen molar-refractivity contribution in [3.05, 3.63) is 35.6 Å². The van der Waals surface area contributed by atoms with Crippen LogP contribution < -0.4 is 5.32 Å². The van der Waals surface area contributed by atoms with Gasteiger partial charge in [-0.05, 0) is 30.3 Å². The molecule has 0 radical (unpaired) electrons. The highest BCUT2D eigenvalue weighted by atomic mass is 35.5.